The van der Waals surface area contributed by atoms with Crippen molar-refractivity contribution >= 4 is 5.91 Å². The summed E-state index contributed by atoms with van der Waals surface area (Å²) in [4.78, 5) is 14.2. The van der Waals surface area contributed by atoms with E-state index < -0.39 is 11.6 Å². The van der Waals surface area contributed by atoms with Crippen LogP contribution in [0.5, 0.6) is 0 Å². The van der Waals surface area contributed by atoms with Gasteiger partial charge in [0.05, 0.1) is 11.7 Å². The zero-order valence-corrected chi connectivity index (χ0v) is 13.2. The minimum Gasteiger partial charge on any atom is -0.337 e. The predicted octanol–water partition coefficient (Wildman–Crippen LogP) is 3.26. The van der Waals surface area contributed by atoms with Gasteiger partial charge in [-0.1, -0.05) is 0 Å². The average Bonchev–Trinajstić information content (AvgIpc) is 2.88. The number of nitrogens with zero attached hydrogens (tertiary/aromatic N) is 3. The van der Waals surface area contributed by atoms with Crippen LogP contribution in [0.4, 0.5) is 8.78 Å². The molecule has 1 atom stereocenters. The highest BCUT2D eigenvalue weighted by Crippen LogP contribution is 2.24. The Morgan fingerprint density at radius 2 is 2.00 bits per heavy atom. The molecule has 0 unspecified atom stereocenters. The third-order valence-corrected chi connectivity index (χ3v) is 4.24. The molecule has 122 valence electrons. The number of likely N-dealkylation sites (tertiary alicyclic amines) is 1. The van der Waals surface area contributed by atoms with Gasteiger partial charge in [-0.2, -0.15) is 5.10 Å². The number of hydrogen-bond donors (Lipinski definition) is 0. The molecule has 0 bridgehead atoms. The summed E-state index contributed by atoms with van der Waals surface area (Å²) in [5, 5.41) is 4.50. The zero-order valence-electron chi connectivity index (χ0n) is 13.2. The third kappa shape index (κ3) is 3.11. The van der Waals surface area contributed by atoms with Crippen LogP contribution >= 0.6 is 0 Å². The Morgan fingerprint density at radius 3 is 2.65 bits per heavy atom. The molecule has 1 aliphatic rings. The Labute approximate surface area is 133 Å². The first-order chi connectivity index (χ1) is 11.0. The van der Waals surface area contributed by atoms with E-state index in [1.807, 2.05) is 24.6 Å². The molecule has 1 saturated heterocycles. The van der Waals surface area contributed by atoms with Gasteiger partial charge in [-0.3, -0.25) is 9.48 Å². The number of rotatable bonds is 2. The lowest BCUT2D eigenvalue weighted by Gasteiger charge is -2.33. The molecule has 1 aromatic heterocycles. The monoisotopic (exact) mass is 319 g/mol. The van der Waals surface area contributed by atoms with Crippen LogP contribution < -0.4 is 0 Å². The van der Waals surface area contributed by atoms with E-state index in [-0.39, 0.29) is 17.5 Å². The van der Waals surface area contributed by atoms with Gasteiger partial charge in [-0.05, 0) is 51.0 Å². The van der Waals surface area contributed by atoms with Crippen LogP contribution in [0.25, 0.3) is 0 Å². The maximum atomic E-state index is 13.3. The van der Waals surface area contributed by atoms with Crippen molar-refractivity contribution in [2.24, 2.45) is 0 Å². The molecule has 1 amide bonds. The number of benzene rings is 1. The Bertz CT molecular complexity index is 741. The number of aromatic nitrogens is 2. The normalized spacial score (nSPS) is 18.3. The van der Waals surface area contributed by atoms with Gasteiger partial charge in [0.15, 0.2) is 11.6 Å². The van der Waals surface area contributed by atoms with E-state index in [0.717, 1.165) is 36.4 Å². The highest BCUT2D eigenvalue weighted by atomic mass is 19.2. The lowest BCUT2D eigenvalue weighted by Crippen LogP contribution is -2.41. The summed E-state index contributed by atoms with van der Waals surface area (Å²) in [6.07, 6.45) is 1.81. The lowest BCUT2D eigenvalue weighted by atomic mass is 10.0. The second-order valence-corrected chi connectivity index (χ2v) is 6.05. The van der Waals surface area contributed by atoms with Crippen LogP contribution in [0.1, 0.15) is 40.6 Å². The van der Waals surface area contributed by atoms with Crippen LogP contribution in [0, 0.1) is 25.5 Å². The molecule has 0 spiro atoms. The largest absolute Gasteiger partial charge is 0.337 e. The molecule has 1 aliphatic heterocycles. The minimum absolute atomic E-state index is 0.117. The number of carbonyl (C=O) groups is 1. The van der Waals surface area contributed by atoms with Crippen LogP contribution in [-0.4, -0.2) is 33.7 Å². The first-order valence-electron chi connectivity index (χ1n) is 7.73. The molecule has 4 nitrogen and oxygen atoms in total. The first kappa shape index (κ1) is 15.6. The molecule has 1 aromatic carbocycles. The second-order valence-electron chi connectivity index (χ2n) is 6.05. The topological polar surface area (TPSA) is 38.1 Å². The standard InChI is InChI=1S/C17H19F2N3O/c1-11-8-12(2)22(20-11)14-4-3-7-21(10-14)17(23)13-5-6-15(18)16(19)9-13/h5-6,8-9,14H,3-4,7,10H2,1-2H3/t14-/m1/s1. The van der Waals surface area contributed by atoms with Crippen molar-refractivity contribution in [2.45, 2.75) is 32.7 Å². The van der Waals surface area contributed by atoms with E-state index in [9.17, 15) is 13.6 Å². The van der Waals surface area contributed by atoms with Crippen LogP contribution in [0.3, 0.4) is 0 Å². The zero-order chi connectivity index (χ0) is 16.6. The Balaban J connectivity index is 1.79. The first-order valence-corrected chi connectivity index (χ1v) is 7.73. The summed E-state index contributed by atoms with van der Waals surface area (Å²) >= 11 is 0. The Kier molecular flexibility index (Phi) is 4.15. The van der Waals surface area contributed by atoms with Crippen molar-refractivity contribution in [1.82, 2.24) is 14.7 Å². The lowest BCUT2D eigenvalue weighted by molar-refractivity contribution is 0.0671. The highest BCUT2D eigenvalue weighted by molar-refractivity contribution is 5.94. The Hall–Kier alpha value is -2.24. The number of carbonyl (C=O) groups excluding carboxylic acids is 1. The van der Waals surface area contributed by atoms with E-state index >= 15 is 0 Å². The molecular formula is C17H19F2N3O. The van der Waals surface area contributed by atoms with Crippen molar-refractivity contribution in [3.8, 4) is 0 Å². The Morgan fingerprint density at radius 1 is 1.22 bits per heavy atom. The summed E-state index contributed by atoms with van der Waals surface area (Å²) < 4.78 is 28.3. The minimum atomic E-state index is -0.997. The van der Waals surface area contributed by atoms with Crippen molar-refractivity contribution in [3.63, 3.8) is 0 Å². The maximum absolute atomic E-state index is 13.3. The number of hydrogen-bond acceptors (Lipinski definition) is 2. The quantitative estimate of drug-likeness (QED) is 0.852. The maximum Gasteiger partial charge on any atom is 0.254 e. The van der Waals surface area contributed by atoms with Crippen LogP contribution in [0.15, 0.2) is 24.3 Å². The smallest absolute Gasteiger partial charge is 0.254 e. The van der Waals surface area contributed by atoms with Crippen molar-refractivity contribution in [3.05, 3.63) is 52.9 Å². The molecular weight excluding hydrogens is 300 g/mol. The van der Waals surface area contributed by atoms with E-state index in [0.29, 0.717) is 13.1 Å². The molecule has 0 saturated carbocycles. The highest BCUT2D eigenvalue weighted by Gasteiger charge is 2.27. The molecule has 3 rings (SSSR count). The van der Waals surface area contributed by atoms with E-state index in [1.54, 1.807) is 4.90 Å². The molecule has 6 heteroatoms. The molecule has 0 aliphatic carbocycles. The summed E-state index contributed by atoms with van der Waals surface area (Å²) in [5.41, 5.74) is 2.19. The molecule has 0 radical (unpaired) electrons. The van der Waals surface area contributed by atoms with Gasteiger partial charge >= 0.3 is 0 Å². The van der Waals surface area contributed by atoms with Gasteiger partial charge in [0.25, 0.3) is 5.91 Å². The van der Waals surface area contributed by atoms with E-state index in [2.05, 4.69) is 5.10 Å². The molecule has 1 fully saturated rings. The van der Waals surface area contributed by atoms with Gasteiger partial charge in [0.2, 0.25) is 0 Å². The predicted molar refractivity (Wildman–Crippen MR) is 82.2 cm³/mol. The SMILES string of the molecule is Cc1cc(C)n([C@@H]2CCCN(C(=O)c3ccc(F)c(F)c3)C2)n1. The molecule has 2 aromatic rings. The van der Waals surface area contributed by atoms with Gasteiger partial charge in [0.1, 0.15) is 0 Å². The van der Waals surface area contributed by atoms with Gasteiger partial charge < -0.3 is 4.90 Å². The summed E-state index contributed by atoms with van der Waals surface area (Å²) in [6.45, 7) is 5.08. The number of amides is 1. The van der Waals surface area contributed by atoms with Crippen molar-refractivity contribution in [2.75, 3.05) is 13.1 Å². The summed E-state index contributed by atoms with van der Waals surface area (Å²) in [5.74, 6) is -2.21. The van der Waals surface area contributed by atoms with E-state index in [1.165, 1.54) is 6.07 Å². The summed E-state index contributed by atoms with van der Waals surface area (Å²) in [7, 11) is 0. The second kappa shape index (κ2) is 6.10. The number of piperidine rings is 1. The fourth-order valence-electron chi connectivity index (χ4n) is 3.17. The van der Waals surface area contributed by atoms with Gasteiger partial charge in [-0.25, -0.2) is 8.78 Å². The van der Waals surface area contributed by atoms with Crippen molar-refractivity contribution < 1.29 is 13.6 Å². The van der Waals surface area contributed by atoms with Crippen LogP contribution in [-0.2, 0) is 0 Å². The molecule has 0 N–H and O–H groups in total. The number of halogens is 2. The third-order valence-electron chi connectivity index (χ3n) is 4.24. The van der Waals surface area contributed by atoms with Crippen molar-refractivity contribution in [1.29, 1.82) is 0 Å². The molecule has 23 heavy (non-hydrogen) atoms. The fraction of sp³-hybridized carbons (Fsp3) is 0.412. The van der Waals surface area contributed by atoms with Crippen LogP contribution in [0.2, 0.25) is 0 Å². The van der Waals surface area contributed by atoms with Gasteiger partial charge in [-0.15, -0.1) is 0 Å². The number of aryl methyl sites for hydroxylation is 2. The van der Waals surface area contributed by atoms with Gasteiger partial charge in [0, 0.05) is 24.3 Å². The van der Waals surface area contributed by atoms with E-state index in [4.69, 9.17) is 0 Å². The molecule has 2 heterocycles. The fourth-order valence-corrected chi connectivity index (χ4v) is 3.17. The average molecular weight is 319 g/mol. The summed E-state index contributed by atoms with van der Waals surface area (Å²) in [6, 6.07) is 5.41.